The van der Waals surface area contributed by atoms with Crippen LogP contribution in [0.3, 0.4) is 0 Å². The van der Waals surface area contributed by atoms with E-state index in [1.54, 1.807) is 0 Å². The van der Waals surface area contributed by atoms with Crippen molar-refractivity contribution >= 4 is 21.7 Å². The van der Waals surface area contributed by atoms with Crippen molar-refractivity contribution in [1.82, 2.24) is 0 Å². The fourth-order valence-corrected chi connectivity index (χ4v) is 2.63. The highest BCUT2D eigenvalue weighted by Gasteiger charge is 2.36. The molecule has 0 spiro atoms. The van der Waals surface area contributed by atoms with Gasteiger partial charge in [0, 0.05) is 10.9 Å². The van der Waals surface area contributed by atoms with E-state index in [0.717, 1.165) is 29.3 Å². The van der Waals surface area contributed by atoms with Crippen LogP contribution >= 0.6 is 15.9 Å². The molecule has 1 aliphatic rings. The predicted molar refractivity (Wildman–Crippen MR) is 70.9 cm³/mol. The van der Waals surface area contributed by atoms with E-state index in [4.69, 9.17) is 0 Å². The zero-order valence-electron chi connectivity index (χ0n) is 9.79. The Kier molecular flexibility index (Phi) is 4.00. The summed E-state index contributed by atoms with van der Waals surface area (Å²) in [5, 5.41) is 10.3. The van der Waals surface area contributed by atoms with Crippen LogP contribution in [0.25, 0.3) is 0 Å². The molecule has 0 saturated heterocycles. The first-order valence-electron chi connectivity index (χ1n) is 6.10. The van der Waals surface area contributed by atoms with Gasteiger partial charge in [0.15, 0.2) is 5.78 Å². The first-order valence-corrected chi connectivity index (χ1v) is 6.90. The van der Waals surface area contributed by atoms with Gasteiger partial charge in [-0.1, -0.05) is 47.3 Å². The number of Topliss-reactive ketones (excluding diaryl/α,β-unsaturated/α-hetero) is 1. The number of carbonyl (C=O) groups is 1. The maximum absolute atomic E-state index is 12.1. The topological polar surface area (TPSA) is 37.3 Å². The van der Waals surface area contributed by atoms with E-state index in [1.807, 2.05) is 24.3 Å². The molecular weight excluding hydrogens is 280 g/mol. The molecule has 3 heteroatoms. The number of aliphatic hydroxyl groups is 1. The molecule has 1 aromatic carbocycles. The van der Waals surface area contributed by atoms with Gasteiger partial charge in [0.05, 0.1) is 0 Å². The van der Waals surface area contributed by atoms with Crippen LogP contribution in [0.5, 0.6) is 0 Å². The summed E-state index contributed by atoms with van der Waals surface area (Å²) in [6, 6.07) is 7.70. The lowest BCUT2D eigenvalue weighted by molar-refractivity contribution is -0.139. The zero-order chi connectivity index (χ0) is 12.3. The number of halogens is 1. The maximum atomic E-state index is 12.1. The van der Waals surface area contributed by atoms with Crippen molar-refractivity contribution in [2.75, 3.05) is 0 Å². The van der Waals surface area contributed by atoms with Crippen LogP contribution in [0, 0.1) is 0 Å². The molecular formula is C14H17BrO2. The first-order chi connectivity index (χ1) is 8.10. The summed E-state index contributed by atoms with van der Waals surface area (Å²) < 4.78 is 1.00. The van der Waals surface area contributed by atoms with Crippen molar-refractivity contribution in [2.24, 2.45) is 0 Å². The van der Waals surface area contributed by atoms with Gasteiger partial charge in [-0.25, -0.2) is 0 Å². The summed E-state index contributed by atoms with van der Waals surface area (Å²) in [6.07, 6.45) is 4.65. The van der Waals surface area contributed by atoms with E-state index < -0.39 is 5.60 Å². The van der Waals surface area contributed by atoms with Crippen molar-refractivity contribution in [3.05, 3.63) is 34.3 Å². The molecule has 1 fully saturated rings. The summed E-state index contributed by atoms with van der Waals surface area (Å²) in [4.78, 5) is 12.1. The minimum absolute atomic E-state index is 0.0282. The number of hydrogen-bond acceptors (Lipinski definition) is 2. The Morgan fingerprint density at radius 3 is 2.35 bits per heavy atom. The van der Waals surface area contributed by atoms with E-state index in [1.165, 1.54) is 0 Å². The van der Waals surface area contributed by atoms with Crippen molar-refractivity contribution in [2.45, 2.75) is 44.1 Å². The first kappa shape index (κ1) is 12.8. The monoisotopic (exact) mass is 296 g/mol. The van der Waals surface area contributed by atoms with E-state index in [-0.39, 0.29) is 5.78 Å². The summed E-state index contributed by atoms with van der Waals surface area (Å²) in [6.45, 7) is 0. The Morgan fingerprint density at radius 1 is 1.18 bits per heavy atom. The third kappa shape index (κ3) is 3.17. The van der Waals surface area contributed by atoms with Gasteiger partial charge < -0.3 is 5.11 Å². The highest BCUT2D eigenvalue weighted by Crippen LogP contribution is 2.29. The lowest BCUT2D eigenvalue weighted by Crippen LogP contribution is -2.41. The molecule has 0 aromatic heterocycles. The Morgan fingerprint density at radius 2 is 1.76 bits per heavy atom. The van der Waals surface area contributed by atoms with Crippen LogP contribution in [0.15, 0.2) is 28.7 Å². The second-order valence-corrected chi connectivity index (χ2v) is 5.73. The molecule has 0 bridgehead atoms. The number of rotatable bonds is 3. The SMILES string of the molecule is O=C(Cc1ccc(Br)cc1)C1(O)CCCCC1. The average molecular weight is 297 g/mol. The number of carbonyl (C=O) groups excluding carboxylic acids is 1. The van der Waals surface area contributed by atoms with Crippen LogP contribution in [0.1, 0.15) is 37.7 Å². The molecule has 0 radical (unpaired) electrons. The van der Waals surface area contributed by atoms with E-state index in [2.05, 4.69) is 15.9 Å². The summed E-state index contributed by atoms with van der Waals surface area (Å²) >= 11 is 3.36. The summed E-state index contributed by atoms with van der Waals surface area (Å²) in [7, 11) is 0. The molecule has 1 saturated carbocycles. The summed E-state index contributed by atoms with van der Waals surface area (Å²) in [5.41, 5.74) is -0.0945. The van der Waals surface area contributed by atoms with Gasteiger partial charge in [0.1, 0.15) is 5.60 Å². The Balaban J connectivity index is 2.03. The summed E-state index contributed by atoms with van der Waals surface area (Å²) in [5.74, 6) is -0.0282. The average Bonchev–Trinajstić information content (AvgIpc) is 2.33. The standard InChI is InChI=1S/C14H17BrO2/c15-12-6-4-11(5-7-12)10-13(16)14(17)8-2-1-3-9-14/h4-7,17H,1-3,8-10H2. The number of benzene rings is 1. The lowest BCUT2D eigenvalue weighted by atomic mass is 9.80. The predicted octanol–water partition coefficient (Wildman–Crippen LogP) is 3.26. The van der Waals surface area contributed by atoms with Gasteiger partial charge in [0.2, 0.25) is 0 Å². The lowest BCUT2D eigenvalue weighted by Gasteiger charge is -2.30. The van der Waals surface area contributed by atoms with Crippen molar-refractivity contribution < 1.29 is 9.90 Å². The molecule has 0 heterocycles. The van der Waals surface area contributed by atoms with E-state index in [0.29, 0.717) is 19.3 Å². The Bertz CT molecular complexity index is 391. The third-order valence-corrected chi connectivity index (χ3v) is 4.01. The highest BCUT2D eigenvalue weighted by atomic mass is 79.9. The van der Waals surface area contributed by atoms with Gasteiger partial charge in [-0.3, -0.25) is 4.79 Å². The normalized spacial score (nSPS) is 18.9. The fourth-order valence-electron chi connectivity index (χ4n) is 2.37. The second-order valence-electron chi connectivity index (χ2n) is 4.82. The molecule has 17 heavy (non-hydrogen) atoms. The molecule has 1 aromatic rings. The fraction of sp³-hybridized carbons (Fsp3) is 0.500. The Hall–Kier alpha value is -0.670. The van der Waals surface area contributed by atoms with Crippen molar-refractivity contribution in [3.8, 4) is 0 Å². The molecule has 0 aliphatic heterocycles. The van der Waals surface area contributed by atoms with Crippen LogP contribution in [0.2, 0.25) is 0 Å². The third-order valence-electron chi connectivity index (χ3n) is 3.48. The van der Waals surface area contributed by atoms with E-state index >= 15 is 0 Å². The molecule has 2 rings (SSSR count). The smallest absolute Gasteiger partial charge is 0.168 e. The minimum Gasteiger partial charge on any atom is -0.382 e. The minimum atomic E-state index is -1.06. The maximum Gasteiger partial charge on any atom is 0.168 e. The van der Waals surface area contributed by atoms with Gasteiger partial charge in [-0.2, -0.15) is 0 Å². The van der Waals surface area contributed by atoms with Crippen LogP contribution in [-0.4, -0.2) is 16.5 Å². The molecule has 1 N–H and O–H groups in total. The molecule has 2 nitrogen and oxygen atoms in total. The van der Waals surface area contributed by atoms with Gasteiger partial charge in [-0.05, 0) is 30.5 Å². The van der Waals surface area contributed by atoms with Gasteiger partial charge in [0.25, 0.3) is 0 Å². The quantitative estimate of drug-likeness (QED) is 0.930. The molecule has 0 amide bonds. The largest absolute Gasteiger partial charge is 0.382 e. The second kappa shape index (κ2) is 5.32. The van der Waals surface area contributed by atoms with Gasteiger partial charge in [-0.15, -0.1) is 0 Å². The van der Waals surface area contributed by atoms with Gasteiger partial charge >= 0.3 is 0 Å². The molecule has 0 unspecified atom stereocenters. The van der Waals surface area contributed by atoms with Crippen molar-refractivity contribution in [1.29, 1.82) is 0 Å². The van der Waals surface area contributed by atoms with Crippen LogP contribution in [-0.2, 0) is 11.2 Å². The molecule has 1 aliphatic carbocycles. The van der Waals surface area contributed by atoms with E-state index in [9.17, 15) is 9.90 Å². The van der Waals surface area contributed by atoms with Crippen molar-refractivity contribution in [3.63, 3.8) is 0 Å². The molecule has 92 valence electrons. The number of ketones is 1. The highest BCUT2D eigenvalue weighted by molar-refractivity contribution is 9.10. The molecule has 0 atom stereocenters. The number of hydrogen-bond donors (Lipinski definition) is 1. The van der Waals surface area contributed by atoms with Crippen LogP contribution in [0.4, 0.5) is 0 Å². The van der Waals surface area contributed by atoms with Crippen LogP contribution < -0.4 is 0 Å². The Labute approximate surface area is 110 Å². The zero-order valence-corrected chi connectivity index (χ0v) is 11.4.